The molecular weight excluding hydrogens is 336 g/mol. The van der Waals surface area contributed by atoms with Crippen molar-refractivity contribution in [3.05, 3.63) is 36.2 Å². The number of hydrogen-bond donors (Lipinski definition) is 2. The number of aromatic nitrogens is 8. The first-order valence-corrected chi connectivity index (χ1v) is 8.02. The van der Waals surface area contributed by atoms with Crippen LogP contribution in [0.15, 0.2) is 24.8 Å². The Morgan fingerprint density at radius 2 is 1.08 bits per heavy atom. The van der Waals surface area contributed by atoms with Gasteiger partial charge in [-0.1, -0.05) is 0 Å². The van der Waals surface area contributed by atoms with Gasteiger partial charge in [-0.15, -0.1) is 0 Å². The molecule has 134 valence electrons. The maximum Gasteiger partial charge on any atom is 0.251 e. The number of aliphatic hydroxyl groups is 2. The van der Waals surface area contributed by atoms with Gasteiger partial charge in [0.15, 0.2) is 0 Å². The van der Waals surface area contributed by atoms with Crippen molar-refractivity contribution < 1.29 is 10.2 Å². The Labute approximate surface area is 148 Å². The van der Waals surface area contributed by atoms with E-state index in [2.05, 4.69) is 30.1 Å². The van der Waals surface area contributed by atoms with Crippen molar-refractivity contribution in [2.24, 2.45) is 0 Å². The molecule has 4 heterocycles. The van der Waals surface area contributed by atoms with Gasteiger partial charge in [0.1, 0.15) is 22.6 Å². The van der Waals surface area contributed by atoms with Gasteiger partial charge in [0.25, 0.3) is 11.6 Å². The molecule has 4 rings (SSSR count). The maximum atomic E-state index is 10.1. The molecule has 0 atom stereocenters. The summed E-state index contributed by atoms with van der Waals surface area (Å²) in [6, 6.07) is 0. The molecule has 0 spiro atoms. The Hall–Kier alpha value is -2.98. The van der Waals surface area contributed by atoms with E-state index < -0.39 is 11.2 Å². The van der Waals surface area contributed by atoms with Crippen LogP contribution < -0.4 is 0 Å². The zero-order valence-corrected chi connectivity index (χ0v) is 14.8. The standard InChI is InChI=1S/C16H18N8O2/c1-15(2,25)11-7-19-23-9(5-17-13(23)21-11)10-6-18-14-22-12(16(3,4)26)8-20-24(10)14/h5-8,25-26H,1-4H3. The van der Waals surface area contributed by atoms with Gasteiger partial charge in [-0.05, 0) is 27.7 Å². The van der Waals surface area contributed by atoms with Gasteiger partial charge in [0, 0.05) is 0 Å². The van der Waals surface area contributed by atoms with Crippen LogP contribution in [0.3, 0.4) is 0 Å². The number of rotatable bonds is 3. The number of nitrogens with zero attached hydrogens (tertiary/aromatic N) is 8. The number of hydrogen-bond acceptors (Lipinski definition) is 8. The van der Waals surface area contributed by atoms with Gasteiger partial charge in [0.05, 0.1) is 36.2 Å². The molecule has 0 radical (unpaired) electrons. The Bertz CT molecular complexity index is 1030. The molecule has 4 aromatic rings. The van der Waals surface area contributed by atoms with Crippen LogP contribution in [0.4, 0.5) is 0 Å². The van der Waals surface area contributed by atoms with E-state index in [0.717, 1.165) is 0 Å². The average molecular weight is 354 g/mol. The van der Waals surface area contributed by atoms with E-state index in [1.54, 1.807) is 49.1 Å². The molecule has 0 saturated heterocycles. The summed E-state index contributed by atoms with van der Waals surface area (Å²) >= 11 is 0. The fourth-order valence-electron chi connectivity index (χ4n) is 2.49. The number of fused-ring (bicyclic) bond motifs is 2. The highest BCUT2D eigenvalue weighted by atomic mass is 16.3. The third kappa shape index (κ3) is 2.59. The third-order valence-electron chi connectivity index (χ3n) is 3.99. The van der Waals surface area contributed by atoms with E-state index in [-0.39, 0.29) is 0 Å². The minimum Gasteiger partial charge on any atom is -0.384 e. The second-order valence-corrected chi connectivity index (χ2v) is 7.11. The van der Waals surface area contributed by atoms with Crippen molar-refractivity contribution in [2.45, 2.75) is 38.9 Å². The first-order valence-electron chi connectivity index (χ1n) is 8.02. The van der Waals surface area contributed by atoms with Crippen LogP contribution in [0, 0.1) is 0 Å². The van der Waals surface area contributed by atoms with Gasteiger partial charge in [-0.2, -0.15) is 19.2 Å². The summed E-state index contributed by atoms with van der Waals surface area (Å²) in [5.74, 6) is 0.714. The maximum absolute atomic E-state index is 10.1. The minimum atomic E-state index is -1.11. The lowest BCUT2D eigenvalue weighted by Gasteiger charge is -2.15. The van der Waals surface area contributed by atoms with Gasteiger partial charge in [-0.25, -0.2) is 19.9 Å². The molecule has 0 aliphatic carbocycles. The van der Waals surface area contributed by atoms with Crippen LogP contribution in [0.2, 0.25) is 0 Å². The van der Waals surface area contributed by atoms with Gasteiger partial charge in [-0.3, -0.25) is 0 Å². The average Bonchev–Trinajstić information content (AvgIpc) is 3.15. The summed E-state index contributed by atoms with van der Waals surface area (Å²) in [5, 5.41) is 28.8. The molecule has 0 saturated carbocycles. The molecule has 0 aromatic carbocycles. The zero-order chi connectivity index (χ0) is 18.7. The molecule has 0 bridgehead atoms. The molecule has 4 aromatic heterocycles. The first-order chi connectivity index (χ1) is 12.1. The van der Waals surface area contributed by atoms with Crippen molar-refractivity contribution in [1.82, 2.24) is 39.2 Å². The smallest absolute Gasteiger partial charge is 0.251 e. The fourth-order valence-corrected chi connectivity index (χ4v) is 2.49. The SMILES string of the molecule is CC(C)(O)c1cnn2c(-c3cnc4nc(C(C)(C)O)cnn34)cnc2n1. The van der Waals surface area contributed by atoms with Gasteiger partial charge in [0.2, 0.25) is 0 Å². The lowest BCUT2D eigenvalue weighted by molar-refractivity contribution is 0.0728. The molecule has 0 aliphatic heterocycles. The van der Waals surface area contributed by atoms with Crippen molar-refractivity contribution in [3.63, 3.8) is 0 Å². The largest absolute Gasteiger partial charge is 0.384 e. The summed E-state index contributed by atoms with van der Waals surface area (Å²) in [7, 11) is 0. The van der Waals surface area contributed by atoms with E-state index in [4.69, 9.17) is 0 Å². The van der Waals surface area contributed by atoms with Crippen molar-refractivity contribution in [1.29, 1.82) is 0 Å². The Balaban J connectivity index is 1.85. The lowest BCUT2D eigenvalue weighted by Crippen LogP contribution is -2.19. The quantitative estimate of drug-likeness (QED) is 0.550. The van der Waals surface area contributed by atoms with Crippen LogP contribution in [0.5, 0.6) is 0 Å². The van der Waals surface area contributed by atoms with Gasteiger partial charge < -0.3 is 10.2 Å². The zero-order valence-electron chi connectivity index (χ0n) is 14.8. The van der Waals surface area contributed by atoms with Crippen LogP contribution in [0.25, 0.3) is 22.9 Å². The molecule has 0 unspecified atom stereocenters. The van der Waals surface area contributed by atoms with E-state index >= 15 is 0 Å². The van der Waals surface area contributed by atoms with Gasteiger partial charge >= 0.3 is 0 Å². The summed E-state index contributed by atoms with van der Waals surface area (Å²) < 4.78 is 3.09. The number of imidazole rings is 2. The third-order valence-corrected chi connectivity index (χ3v) is 3.99. The predicted molar refractivity (Wildman–Crippen MR) is 91.0 cm³/mol. The molecule has 26 heavy (non-hydrogen) atoms. The van der Waals surface area contributed by atoms with E-state index in [0.29, 0.717) is 34.3 Å². The molecular formula is C16H18N8O2. The topological polar surface area (TPSA) is 127 Å². The van der Waals surface area contributed by atoms with Crippen LogP contribution in [0.1, 0.15) is 39.1 Å². The van der Waals surface area contributed by atoms with Crippen LogP contribution in [-0.4, -0.2) is 49.4 Å². The van der Waals surface area contributed by atoms with E-state index in [1.807, 2.05) is 0 Å². The highest BCUT2D eigenvalue weighted by Crippen LogP contribution is 2.23. The molecule has 0 fully saturated rings. The molecule has 0 aliphatic rings. The van der Waals surface area contributed by atoms with Crippen LogP contribution in [-0.2, 0) is 11.2 Å². The normalized spacial score (nSPS) is 13.0. The summed E-state index contributed by atoms with van der Waals surface area (Å²) in [6.07, 6.45) is 6.22. The van der Waals surface area contributed by atoms with Crippen molar-refractivity contribution in [2.75, 3.05) is 0 Å². The molecule has 10 heteroatoms. The second-order valence-electron chi connectivity index (χ2n) is 7.11. The van der Waals surface area contributed by atoms with Crippen LogP contribution >= 0.6 is 0 Å². The van der Waals surface area contributed by atoms with E-state index in [9.17, 15) is 10.2 Å². The first kappa shape index (κ1) is 16.5. The molecule has 2 N–H and O–H groups in total. The Morgan fingerprint density at radius 3 is 1.42 bits per heavy atom. The predicted octanol–water partition coefficient (Wildman–Crippen LogP) is 0.684. The highest BCUT2D eigenvalue weighted by Gasteiger charge is 2.23. The molecule has 10 nitrogen and oxygen atoms in total. The minimum absolute atomic E-state index is 0.357. The summed E-state index contributed by atoms with van der Waals surface area (Å²) in [6.45, 7) is 6.55. The summed E-state index contributed by atoms with van der Waals surface area (Å²) in [5.41, 5.74) is -0.100. The monoisotopic (exact) mass is 354 g/mol. The second kappa shape index (κ2) is 5.26. The highest BCUT2D eigenvalue weighted by molar-refractivity contribution is 5.60. The summed E-state index contributed by atoms with van der Waals surface area (Å²) in [4.78, 5) is 17.2. The Morgan fingerprint density at radius 1 is 0.692 bits per heavy atom. The fraction of sp³-hybridized carbons (Fsp3) is 0.375. The molecule has 0 amide bonds. The van der Waals surface area contributed by atoms with E-state index in [1.165, 1.54) is 12.4 Å². The Kier molecular flexibility index (Phi) is 3.33. The van der Waals surface area contributed by atoms with Crippen molar-refractivity contribution in [3.8, 4) is 11.4 Å². The van der Waals surface area contributed by atoms with Crippen molar-refractivity contribution >= 4 is 11.6 Å². The lowest BCUT2D eigenvalue weighted by atomic mass is 10.1.